The standard InChI is InChI=1S/C20H17N5O2/c1-12-17(13(2)25(24-12)14-8-4-3-5-9-14)18(26)19(27)23-20-21-15-10-6-7-11-16(15)22-20/h3-11H,1-2H3,(H2,21,22,23,27). The summed E-state index contributed by atoms with van der Waals surface area (Å²) in [5.41, 5.74) is 3.74. The molecule has 2 heterocycles. The lowest BCUT2D eigenvalue weighted by Crippen LogP contribution is -2.24. The molecule has 2 aromatic heterocycles. The molecule has 0 saturated heterocycles. The van der Waals surface area contributed by atoms with E-state index in [1.807, 2.05) is 54.6 Å². The largest absolute Gasteiger partial charge is 0.324 e. The number of imidazole rings is 1. The van der Waals surface area contributed by atoms with Crippen LogP contribution in [0.5, 0.6) is 0 Å². The van der Waals surface area contributed by atoms with Crippen molar-refractivity contribution in [3.8, 4) is 5.69 Å². The first-order chi connectivity index (χ1) is 13.0. The van der Waals surface area contributed by atoms with Crippen LogP contribution in [-0.4, -0.2) is 31.4 Å². The van der Waals surface area contributed by atoms with Crippen molar-refractivity contribution in [3.63, 3.8) is 0 Å². The number of amides is 1. The number of ketones is 1. The van der Waals surface area contributed by atoms with Gasteiger partial charge in [-0.1, -0.05) is 30.3 Å². The maximum atomic E-state index is 12.7. The number of aryl methyl sites for hydroxylation is 1. The van der Waals surface area contributed by atoms with Gasteiger partial charge >= 0.3 is 0 Å². The van der Waals surface area contributed by atoms with E-state index in [2.05, 4.69) is 20.4 Å². The number of hydrogen-bond acceptors (Lipinski definition) is 4. The molecule has 1 amide bonds. The number of fused-ring (bicyclic) bond motifs is 1. The van der Waals surface area contributed by atoms with Gasteiger partial charge in [0.05, 0.1) is 33.7 Å². The topological polar surface area (TPSA) is 92.7 Å². The minimum absolute atomic E-state index is 0.236. The van der Waals surface area contributed by atoms with Crippen LogP contribution in [0.3, 0.4) is 0 Å². The van der Waals surface area contributed by atoms with Crippen molar-refractivity contribution in [1.82, 2.24) is 19.7 Å². The van der Waals surface area contributed by atoms with Gasteiger partial charge in [-0.3, -0.25) is 14.9 Å². The van der Waals surface area contributed by atoms with Crippen molar-refractivity contribution in [2.75, 3.05) is 5.32 Å². The zero-order valence-corrected chi connectivity index (χ0v) is 14.9. The SMILES string of the molecule is Cc1nn(-c2ccccc2)c(C)c1C(=O)C(=O)Nc1nc2ccccc2[nH]1. The van der Waals surface area contributed by atoms with Crippen LogP contribution in [0.2, 0.25) is 0 Å². The second kappa shape index (κ2) is 6.53. The predicted octanol–water partition coefficient (Wildman–Crippen LogP) is 3.19. The highest BCUT2D eigenvalue weighted by atomic mass is 16.2. The molecule has 27 heavy (non-hydrogen) atoms. The van der Waals surface area contributed by atoms with Gasteiger partial charge in [0.2, 0.25) is 5.95 Å². The summed E-state index contributed by atoms with van der Waals surface area (Å²) >= 11 is 0. The molecule has 7 nitrogen and oxygen atoms in total. The summed E-state index contributed by atoms with van der Waals surface area (Å²) in [6.07, 6.45) is 0. The highest BCUT2D eigenvalue weighted by molar-refractivity contribution is 6.46. The third-order valence-electron chi connectivity index (χ3n) is 4.35. The van der Waals surface area contributed by atoms with Crippen molar-refractivity contribution in [2.45, 2.75) is 13.8 Å². The Bertz CT molecular complexity index is 1120. The first-order valence-electron chi connectivity index (χ1n) is 8.46. The van der Waals surface area contributed by atoms with Gasteiger partial charge in [-0.05, 0) is 38.1 Å². The average molecular weight is 359 g/mol. The van der Waals surface area contributed by atoms with E-state index < -0.39 is 11.7 Å². The van der Waals surface area contributed by atoms with Crippen molar-refractivity contribution in [2.24, 2.45) is 0 Å². The Morgan fingerprint density at radius 2 is 1.70 bits per heavy atom. The fraction of sp³-hybridized carbons (Fsp3) is 0.100. The Morgan fingerprint density at radius 3 is 2.44 bits per heavy atom. The van der Waals surface area contributed by atoms with Crippen LogP contribution >= 0.6 is 0 Å². The molecule has 2 aromatic carbocycles. The summed E-state index contributed by atoms with van der Waals surface area (Å²) < 4.78 is 1.66. The third-order valence-corrected chi connectivity index (χ3v) is 4.35. The van der Waals surface area contributed by atoms with Gasteiger partial charge in [0.15, 0.2) is 0 Å². The number of Topliss-reactive ketones (excluding diaryl/α,β-unsaturated/α-hetero) is 1. The van der Waals surface area contributed by atoms with Crippen LogP contribution in [0.1, 0.15) is 21.7 Å². The number of aromatic amines is 1. The molecule has 0 fully saturated rings. The summed E-state index contributed by atoms with van der Waals surface area (Å²) in [7, 11) is 0. The monoisotopic (exact) mass is 359 g/mol. The van der Waals surface area contributed by atoms with Crippen molar-refractivity contribution < 1.29 is 9.59 Å². The molecule has 0 atom stereocenters. The van der Waals surface area contributed by atoms with E-state index in [-0.39, 0.29) is 5.95 Å². The zero-order valence-electron chi connectivity index (χ0n) is 14.9. The van der Waals surface area contributed by atoms with Gasteiger partial charge in [0, 0.05) is 0 Å². The summed E-state index contributed by atoms with van der Waals surface area (Å²) in [5, 5.41) is 6.96. The maximum absolute atomic E-state index is 12.7. The number of aromatic nitrogens is 4. The van der Waals surface area contributed by atoms with Gasteiger partial charge in [0.25, 0.3) is 11.7 Å². The molecule has 0 aliphatic heterocycles. The Morgan fingerprint density at radius 1 is 1.00 bits per heavy atom. The van der Waals surface area contributed by atoms with Crippen LogP contribution in [0.15, 0.2) is 54.6 Å². The predicted molar refractivity (Wildman–Crippen MR) is 102 cm³/mol. The Balaban J connectivity index is 1.62. The molecule has 4 rings (SSSR count). The van der Waals surface area contributed by atoms with Crippen LogP contribution in [0.4, 0.5) is 5.95 Å². The number of rotatable bonds is 4. The zero-order chi connectivity index (χ0) is 19.0. The summed E-state index contributed by atoms with van der Waals surface area (Å²) in [6.45, 7) is 3.49. The molecular formula is C20H17N5O2. The van der Waals surface area contributed by atoms with E-state index in [4.69, 9.17) is 0 Å². The summed E-state index contributed by atoms with van der Waals surface area (Å²) in [5.74, 6) is -1.17. The van der Waals surface area contributed by atoms with Gasteiger partial charge < -0.3 is 4.98 Å². The maximum Gasteiger partial charge on any atom is 0.299 e. The van der Waals surface area contributed by atoms with E-state index in [1.165, 1.54) is 0 Å². The molecule has 0 spiro atoms. The van der Waals surface area contributed by atoms with E-state index in [0.29, 0.717) is 22.5 Å². The van der Waals surface area contributed by atoms with Gasteiger partial charge in [-0.2, -0.15) is 5.10 Å². The first-order valence-corrected chi connectivity index (χ1v) is 8.46. The Labute approximate surface area is 155 Å². The van der Waals surface area contributed by atoms with Crippen molar-refractivity contribution in [1.29, 1.82) is 0 Å². The number of H-pyrrole nitrogens is 1. The second-order valence-electron chi connectivity index (χ2n) is 6.18. The van der Waals surface area contributed by atoms with Crippen LogP contribution in [-0.2, 0) is 4.79 Å². The van der Waals surface area contributed by atoms with Crippen molar-refractivity contribution in [3.05, 3.63) is 71.5 Å². The highest BCUT2D eigenvalue weighted by Crippen LogP contribution is 2.19. The smallest absolute Gasteiger partial charge is 0.299 e. The molecule has 0 aliphatic rings. The van der Waals surface area contributed by atoms with Crippen molar-refractivity contribution >= 4 is 28.7 Å². The van der Waals surface area contributed by atoms with Crippen LogP contribution in [0, 0.1) is 13.8 Å². The lowest BCUT2D eigenvalue weighted by Gasteiger charge is -2.05. The first kappa shape index (κ1) is 16.7. The van der Waals surface area contributed by atoms with Crippen LogP contribution < -0.4 is 5.32 Å². The van der Waals surface area contributed by atoms with Gasteiger partial charge in [0.1, 0.15) is 0 Å². The number of benzene rings is 2. The average Bonchev–Trinajstić information content (AvgIpc) is 3.21. The molecule has 134 valence electrons. The van der Waals surface area contributed by atoms with Crippen LogP contribution in [0.25, 0.3) is 16.7 Å². The number of nitrogens with zero attached hydrogens (tertiary/aromatic N) is 3. The minimum Gasteiger partial charge on any atom is -0.324 e. The second-order valence-corrected chi connectivity index (χ2v) is 6.18. The molecule has 4 aromatic rings. The Kier molecular flexibility index (Phi) is 4.04. The lowest BCUT2D eigenvalue weighted by atomic mass is 10.1. The quantitative estimate of drug-likeness (QED) is 0.432. The van der Waals surface area contributed by atoms with E-state index in [9.17, 15) is 9.59 Å². The number of para-hydroxylation sites is 3. The molecule has 0 unspecified atom stereocenters. The normalized spacial score (nSPS) is 10.9. The van der Waals surface area contributed by atoms with E-state index >= 15 is 0 Å². The van der Waals surface area contributed by atoms with Gasteiger partial charge in [-0.25, -0.2) is 9.67 Å². The number of carbonyl (C=O) groups excluding carboxylic acids is 2. The third kappa shape index (κ3) is 2.99. The number of hydrogen-bond donors (Lipinski definition) is 2. The number of nitrogens with one attached hydrogen (secondary N) is 2. The molecule has 0 bridgehead atoms. The number of anilines is 1. The number of carbonyl (C=O) groups is 2. The fourth-order valence-corrected chi connectivity index (χ4v) is 3.08. The molecule has 2 N–H and O–H groups in total. The summed E-state index contributed by atoms with van der Waals surface area (Å²) in [4.78, 5) is 32.5. The molecular weight excluding hydrogens is 342 g/mol. The lowest BCUT2D eigenvalue weighted by molar-refractivity contribution is -0.112. The molecule has 0 radical (unpaired) electrons. The minimum atomic E-state index is -0.757. The fourth-order valence-electron chi connectivity index (χ4n) is 3.08. The summed E-state index contributed by atoms with van der Waals surface area (Å²) in [6, 6.07) is 16.8. The Hall–Kier alpha value is -3.74. The van der Waals surface area contributed by atoms with Gasteiger partial charge in [-0.15, -0.1) is 0 Å². The molecule has 0 saturated carbocycles. The molecule has 0 aliphatic carbocycles. The van der Waals surface area contributed by atoms with E-state index in [0.717, 1.165) is 11.2 Å². The molecule has 7 heteroatoms. The van der Waals surface area contributed by atoms with E-state index in [1.54, 1.807) is 18.5 Å². The highest BCUT2D eigenvalue weighted by Gasteiger charge is 2.25.